The largest absolute Gasteiger partial charge is 0.269 e. The van der Waals surface area contributed by atoms with Gasteiger partial charge < -0.3 is 0 Å². The fraction of sp³-hybridized carbons (Fsp3) is 0.444. The van der Waals surface area contributed by atoms with Gasteiger partial charge in [-0.1, -0.05) is 27.4 Å². The maximum Gasteiger partial charge on any atom is 0.144 e. The number of nitrogens with zero attached hydrogens (tertiary/aromatic N) is 1. The van der Waals surface area contributed by atoms with Gasteiger partial charge in [0.05, 0.1) is 6.20 Å². The lowest BCUT2D eigenvalue weighted by atomic mass is 9.87. The van der Waals surface area contributed by atoms with Gasteiger partial charge in [-0.3, -0.25) is 4.99 Å². The number of allylic oxidation sites excluding steroid dienone is 2. The summed E-state index contributed by atoms with van der Waals surface area (Å²) in [6, 6.07) is 0. The zero-order valence-electron chi connectivity index (χ0n) is 7.32. The van der Waals surface area contributed by atoms with Gasteiger partial charge >= 0.3 is 0 Å². The summed E-state index contributed by atoms with van der Waals surface area (Å²) in [6.07, 6.45) is 1.08. The summed E-state index contributed by atoms with van der Waals surface area (Å²) in [5.41, 5.74) is 0.204. The van der Waals surface area contributed by atoms with Crippen LogP contribution in [0.5, 0.6) is 0 Å². The molecule has 0 saturated carbocycles. The van der Waals surface area contributed by atoms with E-state index in [1.165, 1.54) is 0 Å². The van der Waals surface area contributed by atoms with Gasteiger partial charge in [-0.05, 0) is 17.7 Å². The van der Waals surface area contributed by atoms with E-state index in [0.717, 1.165) is 6.20 Å². The summed E-state index contributed by atoms with van der Waals surface area (Å²) in [5, 5.41) is 0. The standard InChI is InChI=1S/C9H14FN/c1-7(9(2,3)4)8(10)6-11-5/h6H,1,5H2,2-4H3/b8-6+. The number of halogens is 1. The molecule has 0 saturated heterocycles. The lowest BCUT2D eigenvalue weighted by Gasteiger charge is -2.19. The quantitative estimate of drug-likeness (QED) is 0.429. The van der Waals surface area contributed by atoms with Gasteiger partial charge in [-0.2, -0.15) is 0 Å². The molecule has 0 aliphatic carbocycles. The first kappa shape index (κ1) is 10.1. The summed E-state index contributed by atoms with van der Waals surface area (Å²) >= 11 is 0. The molecule has 0 aromatic heterocycles. The van der Waals surface area contributed by atoms with E-state index in [-0.39, 0.29) is 5.41 Å². The second-order valence-electron chi connectivity index (χ2n) is 3.39. The van der Waals surface area contributed by atoms with Crippen LogP contribution in [0, 0.1) is 5.41 Å². The van der Waals surface area contributed by atoms with E-state index >= 15 is 0 Å². The number of rotatable bonds is 2. The maximum absolute atomic E-state index is 12.9. The topological polar surface area (TPSA) is 12.4 Å². The Hall–Kier alpha value is -0.920. The molecule has 11 heavy (non-hydrogen) atoms. The molecule has 2 heteroatoms. The third-order valence-electron chi connectivity index (χ3n) is 1.40. The van der Waals surface area contributed by atoms with Gasteiger partial charge in [-0.25, -0.2) is 4.39 Å². The summed E-state index contributed by atoms with van der Waals surface area (Å²) in [5.74, 6) is -0.396. The first-order valence-corrected chi connectivity index (χ1v) is 3.41. The minimum Gasteiger partial charge on any atom is -0.269 e. The van der Waals surface area contributed by atoms with E-state index in [0.29, 0.717) is 5.57 Å². The molecule has 0 fully saturated rings. The van der Waals surface area contributed by atoms with Crippen LogP contribution in [-0.4, -0.2) is 6.72 Å². The third kappa shape index (κ3) is 3.12. The number of aliphatic imine (C=N–C) groups is 1. The van der Waals surface area contributed by atoms with E-state index in [2.05, 4.69) is 18.3 Å². The molecular formula is C9H14FN. The van der Waals surface area contributed by atoms with Crippen molar-refractivity contribution in [3.8, 4) is 0 Å². The van der Waals surface area contributed by atoms with Gasteiger partial charge in [0.2, 0.25) is 0 Å². The second kappa shape index (κ2) is 3.46. The maximum atomic E-state index is 12.9. The van der Waals surface area contributed by atoms with Crippen LogP contribution in [0.4, 0.5) is 4.39 Å². The van der Waals surface area contributed by atoms with Crippen molar-refractivity contribution in [1.29, 1.82) is 0 Å². The van der Waals surface area contributed by atoms with Crippen LogP contribution in [0.1, 0.15) is 20.8 Å². The highest BCUT2D eigenvalue weighted by atomic mass is 19.1. The minimum absolute atomic E-state index is 0.245. The van der Waals surface area contributed by atoms with Crippen molar-refractivity contribution in [2.75, 3.05) is 0 Å². The van der Waals surface area contributed by atoms with Gasteiger partial charge in [-0.15, -0.1) is 0 Å². The van der Waals surface area contributed by atoms with Crippen molar-refractivity contribution >= 4 is 6.72 Å². The molecule has 0 heterocycles. The molecule has 0 aliphatic heterocycles. The lowest BCUT2D eigenvalue weighted by molar-refractivity contribution is 0.476. The van der Waals surface area contributed by atoms with Crippen LogP contribution in [0.2, 0.25) is 0 Å². The monoisotopic (exact) mass is 155 g/mol. The lowest BCUT2D eigenvalue weighted by Crippen LogP contribution is -2.08. The highest BCUT2D eigenvalue weighted by molar-refractivity contribution is 5.31. The van der Waals surface area contributed by atoms with E-state index < -0.39 is 5.83 Å². The zero-order chi connectivity index (χ0) is 9.07. The summed E-state index contributed by atoms with van der Waals surface area (Å²) in [6.45, 7) is 12.5. The van der Waals surface area contributed by atoms with Crippen LogP contribution < -0.4 is 0 Å². The molecule has 0 aromatic rings. The Morgan fingerprint density at radius 1 is 1.45 bits per heavy atom. The molecule has 0 rings (SSSR count). The molecule has 0 bridgehead atoms. The Bertz CT molecular complexity index is 196. The molecule has 0 spiro atoms. The van der Waals surface area contributed by atoms with Crippen LogP contribution in [-0.2, 0) is 0 Å². The van der Waals surface area contributed by atoms with Crippen LogP contribution in [0.3, 0.4) is 0 Å². The molecule has 0 unspecified atom stereocenters. The molecule has 1 nitrogen and oxygen atoms in total. The average molecular weight is 155 g/mol. The van der Waals surface area contributed by atoms with Gasteiger partial charge in [0, 0.05) is 0 Å². The number of hydrogen-bond acceptors (Lipinski definition) is 1. The summed E-state index contributed by atoms with van der Waals surface area (Å²) in [7, 11) is 0. The SMILES string of the molecule is C=N/C=C(/F)C(=C)C(C)(C)C. The normalized spacial score (nSPS) is 12.9. The first-order valence-electron chi connectivity index (χ1n) is 3.41. The molecule has 0 aliphatic rings. The third-order valence-corrected chi connectivity index (χ3v) is 1.40. The first-order chi connectivity index (χ1) is 4.89. The Morgan fingerprint density at radius 2 is 1.91 bits per heavy atom. The molecule has 0 N–H and O–H groups in total. The molecule has 0 atom stereocenters. The van der Waals surface area contributed by atoms with Gasteiger partial charge in [0.25, 0.3) is 0 Å². The zero-order valence-corrected chi connectivity index (χ0v) is 7.32. The molecule has 0 radical (unpaired) electrons. The van der Waals surface area contributed by atoms with E-state index in [9.17, 15) is 4.39 Å². The second-order valence-corrected chi connectivity index (χ2v) is 3.39. The van der Waals surface area contributed by atoms with Crippen molar-refractivity contribution in [3.05, 3.63) is 24.2 Å². The smallest absolute Gasteiger partial charge is 0.144 e. The van der Waals surface area contributed by atoms with Crippen molar-refractivity contribution < 1.29 is 4.39 Å². The predicted octanol–water partition coefficient (Wildman–Crippen LogP) is 3.10. The van der Waals surface area contributed by atoms with E-state index in [4.69, 9.17) is 0 Å². The van der Waals surface area contributed by atoms with Gasteiger partial charge in [0.15, 0.2) is 0 Å². The van der Waals surface area contributed by atoms with Crippen LogP contribution in [0.15, 0.2) is 29.2 Å². The van der Waals surface area contributed by atoms with Crippen molar-refractivity contribution in [1.82, 2.24) is 0 Å². The highest BCUT2D eigenvalue weighted by Gasteiger charge is 2.18. The Balaban J connectivity index is 4.51. The van der Waals surface area contributed by atoms with E-state index in [1.54, 1.807) is 0 Å². The van der Waals surface area contributed by atoms with Crippen molar-refractivity contribution in [2.24, 2.45) is 10.4 Å². The Kier molecular flexibility index (Phi) is 3.18. The molecule has 62 valence electrons. The Morgan fingerprint density at radius 3 is 2.18 bits per heavy atom. The van der Waals surface area contributed by atoms with Crippen LogP contribution in [0.25, 0.3) is 0 Å². The molecule has 0 amide bonds. The fourth-order valence-electron chi connectivity index (χ4n) is 0.516. The minimum atomic E-state index is -0.396. The van der Waals surface area contributed by atoms with E-state index in [1.807, 2.05) is 20.8 Å². The fourth-order valence-corrected chi connectivity index (χ4v) is 0.516. The number of hydrogen-bond donors (Lipinski definition) is 0. The van der Waals surface area contributed by atoms with Crippen LogP contribution >= 0.6 is 0 Å². The highest BCUT2D eigenvalue weighted by Crippen LogP contribution is 2.29. The average Bonchev–Trinajstić information content (AvgIpc) is 1.85. The molecule has 0 aromatic carbocycles. The molecular weight excluding hydrogens is 141 g/mol. The predicted molar refractivity (Wildman–Crippen MR) is 47.3 cm³/mol. The van der Waals surface area contributed by atoms with Gasteiger partial charge in [0.1, 0.15) is 5.83 Å². The van der Waals surface area contributed by atoms with Crippen molar-refractivity contribution in [3.63, 3.8) is 0 Å². The Labute approximate surface area is 67.3 Å². The van der Waals surface area contributed by atoms with Crippen molar-refractivity contribution in [2.45, 2.75) is 20.8 Å². The summed E-state index contributed by atoms with van der Waals surface area (Å²) in [4.78, 5) is 3.32. The summed E-state index contributed by atoms with van der Waals surface area (Å²) < 4.78 is 12.9.